The van der Waals surface area contributed by atoms with Gasteiger partial charge in [-0.15, -0.1) is 0 Å². The maximum absolute atomic E-state index is 12.4. The van der Waals surface area contributed by atoms with Gasteiger partial charge in [0.05, 0.1) is 7.05 Å². The fourth-order valence-corrected chi connectivity index (χ4v) is 2.39. The van der Waals surface area contributed by atoms with Gasteiger partial charge in [0, 0.05) is 19.1 Å². The molecule has 1 aromatic rings. The predicted octanol–water partition coefficient (Wildman–Crippen LogP) is -0.172. The molecule has 1 aromatic carbocycles. The zero-order chi connectivity index (χ0) is 15.9. The molecule has 5 nitrogen and oxygen atoms in total. The van der Waals surface area contributed by atoms with Crippen molar-refractivity contribution in [3.8, 4) is 0 Å². The van der Waals surface area contributed by atoms with E-state index in [2.05, 4.69) is 5.32 Å². The van der Waals surface area contributed by atoms with Gasteiger partial charge in [0.15, 0.2) is 13.1 Å². The number of hydrogen-bond donors (Lipinski definition) is 2. The molecule has 5 heteroatoms. The fraction of sp³-hybridized carbons (Fsp3) is 0.529. The molecule has 1 unspecified atom stereocenters. The van der Waals surface area contributed by atoms with Crippen molar-refractivity contribution < 1.29 is 14.5 Å². The van der Waals surface area contributed by atoms with Crippen LogP contribution in [0.1, 0.15) is 25.3 Å². The molecule has 0 saturated heterocycles. The Balaban J connectivity index is 1.78. The van der Waals surface area contributed by atoms with Crippen LogP contribution in [0.15, 0.2) is 30.3 Å². The topological polar surface area (TPSA) is 53.9 Å². The average Bonchev–Trinajstić information content (AvgIpc) is 3.29. The number of quaternary nitrogens is 1. The highest BCUT2D eigenvalue weighted by atomic mass is 16.2. The van der Waals surface area contributed by atoms with Crippen molar-refractivity contribution in [3.63, 3.8) is 0 Å². The molecule has 1 atom stereocenters. The van der Waals surface area contributed by atoms with Crippen LogP contribution in [0.3, 0.4) is 0 Å². The first-order chi connectivity index (χ1) is 10.6. The van der Waals surface area contributed by atoms with E-state index in [1.807, 2.05) is 49.2 Å². The molecule has 1 fully saturated rings. The minimum Gasteiger partial charge on any atom is -0.348 e. The summed E-state index contributed by atoms with van der Waals surface area (Å²) < 4.78 is 0. The summed E-state index contributed by atoms with van der Waals surface area (Å²) in [5, 5.41) is 2.96. The summed E-state index contributed by atoms with van der Waals surface area (Å²) in [7, 11) is 1.89. The molecule has 120 valence electrons. The van der Waals surface area contributed by atoms with Crippen LogP contribution in [0.2, 0.25) is 0 Å². The number of amides is 2. The number of nitrogens with zero attached hydrogens (tertiary/aromatic N) is 1. The zero-order valence-corrected chi connectivity index (χ0v) is 13.5. The van der Waals surface area contributed by atoms with Gasteiger partial charge in [-0.25, -0.2) is 0 Å². The van der Waals surface area contributed by atoms with Crippen LogP contribution < -0.4 is 10.2 Å². The lowest BCUT2D eigenvalue weighted by molar-refractivity contribution is -0.863. The van der Waals surface area contributed by atoms with Crippen LogP contribution >= 0.6 is 0 Å². The maximum atomic E-state index is 12.4. The monoisotopic (exact) mass is 304 g/mol. The van der Waals surface area contributed by atoms with E-state index in [0.717, 1.165) is 23.3 Å². The molecule has 2 amide bonds. The van der Waals surface area contributed by atoms with Crippen molar-refractivity contribution in [1.82, 2.24) is 10.2 Å². The second kappa shape index (κ2) is 7.94. The van der Waals surface area contributed by atoms with Crippen LogP contribution in [-0.2, 0) is 16.1 Å². The molecule has 2 N–H and O–H groups in total. The summed E-state index contributed by atoms with van der Waals surface area (Å²) in [4.78, 5) is 26.9. The van der Waals surface area contributed by atoms with Crippen molar-refractivity contribution in [1.29, 1.82) is 0 Å². The van der Waals surface area contributed by atoms with E-state index in [9.17, 15) is 9.59 Å². The summed E-state index contributed by atoms with van der Waals surface area (Å²) >= 11 is 0. The van der Waals surface area contributed by atoms with Crippen LogP contribution in [0, 0.1) is 0 Å². The number of benzene rings is 1. The van der Waals surface area contributed by atoms with Crippen molar-refractivity contribution in [2.45, 2.75) is 32.4 Å². The molecule has 0 aliphatic heterocycles. The van der Waals surface area contributed by atoms with Crippen molar-refractivity contribution in [3.05, 3.63) is 35.9 Å². The van der Waals surface area contributed by atoms with Gasteiger partial charge in [-0.05, 0) is 25.3 Å². The van der Waals surface area contributed by atoms with E-state index < -0.39 is 0 Å². The highest BCUT2D eigenvalue weighted by Gasteiger charge is 2.25. The quantitative estimate of drug-likeness (QED) is 0.700. The number of rotatable bonds is 8. The largest absolute Gasteiger partial charge is 0.348 e. The molecule has 0 radical (unpaired) electrons. The number of likely N-dealkylation sites (N-methyl/N-ethyl adjacent to an activating group) is 2. The van der Waals surface area contributed by atoms with Crippen molar-refractivity contribution >= 4 is 11.8 Å². The minimum atomic E-state index is 0.0407. The summed E-state index contributed by atoms with van der Waals surface area (Å²) in [5.74, 6) is 0.127. The lowest BCUT2D eigenvalue weighted by Crippen LogP contribution is -3.11. The van der Waals surface area contributed by atoms with Gasteiger partial charge in [0.2, 0.25) is 0 Å². The normalized spacial score (nSPS) is 15.2. The lowest BCUT2D eigenvalue weighted by atomic mass is 10.2. The van der Waals surface area contributed by atoms with E-state index in [1.165, 1.54) is 0 Å². The Hall–Kier alpha value is -1.88. The van der Waals surface area contributed by atoms with E-state index in [0.29, 0.717) is 32.2 Å². The third-order valence-electron chi connectivity index (χ3n) is 3.81. The third kappa shape index (κ3) is 5.48. The van der Waals surface area contributed by atoms with Gasteiger partial charge < -0.3 is 15.1 Å². The second-order valence-corrected chi connectivity index (χ2v) is 6.05. The smallest absolute Gasteiger partial charge is 0.278 e. The van der Waals surface area contributed by atoms with Crippen molar-refractivity contribution in [2.75, 3.05) is 26.7 Å². The SMILES string of the molecule is CCN(Cc1ccccc1)C(=O)C[NH+](C)CC(=O)NC1CC1. The average molecular weight is 304 g/mol. The highest BCUT2D eigenvalue weighted by molar-refractivity contribution is 5.79. The number of hydrogen-bond acceptors (Lipinski definition) is 2. The van der Waals surface area contributed by atoms with E-state index >= 15 is 0 Å². The van der Waals surface area contributed by atoms with Gasteiger partial charge in [-0.3, -0.25) is 9.59 Å². The van der Waals surface area contributed by atoms with Crippen LogP contribution in [0.4, 0.5) is 0 Å². The fourth-order valence-electron chi connectivity index (χ4n) is 2.39. The van der Waals surface area contributed by atoms with Gasteiger partial charge >= 0.3 is 0 Å². The minimum absolute atomic E-state index is 0.0407. The Kier molecular flexibility index (Phi) is 5.95. The van der Waals surface area contributed by atoms with E-state index in [4.69, 9.17) is 0 Å². The molecule has 0 bridgehead atoms. The molecule has 2 rings (SSSR count). The Morgan fingerprint density at radius 2 is 1.91 bits per heavy atom. The number of carbonyl (C=O) groups excluding carboxylic acids is 2. The van der Waals surface area contributed by atoms with Gasteiger partial charge in [0.1, 0.15) is 0 Å². The Bertz CT molecular complexity index is 500. The molecule has 0 aromatic heterocycles. The van der Waals surface area contributed by atoms with Gasteiger partial charge in [-0.1, -0.05) is 30.3 Å². The standard InChI is InChI=1S/C17H25N3O2/c1-3-20(11-14-7-5-4-6-8-14)17(22)13-19(2)12-16(21)18-15-9-10-15/h4-8,15H,3,9-13H2,1-2H3,(H,18,21)/p+1. The molecule has 1 saturated carbocycles. The van der Waals surface area contributed by atoms with Crippen LogP contribution in [0.5, 0.6) is 0 Å². The van der Waals surface area contributed by atoms with Gasteiger partial charge in [-0.2, -0.15) is 0 Å². The summed E-state index contributed by atoms with van der Waals surface area (Å²) in [6, 6.07) is 10.4. The second-order valence-electron chi connectivity index (χ2n) is 6.05. The number of carbonyl (C=O) groups is 2. The van der Waals surface area contributed by atoms with Crippen LogP contribution in [-0.4, -0.2) is 49.4 Å². The Morgan fingerprint density at radius 3 is 2.50 bits per heavy atom. The van der Waals surface area contributed by atoms with Gasteiger partial charge in [0.25, 0.3) is 11.8 Å². The van der Waals surface area contributed by atoms with E-state index in [-0.39, 0.29) is 11.8 Å². The maximum Gasteiger partial charge on any atom is 0.278 e. The zero-order valence-electron chi connectivity index (χ0n) is 13.5. The van der Waals surface area contributed by atoms with Crippen molar-refractivity contribution in [2.24, 2.45) is 0 Å². The molecule has 1 aliphatic carbocycles. The molecular weight excluding hydrogens is 278 g/mol. The molecule has 22 heavy (non-hydrogen) atoms. The Morgan fingerprint density at radius 1 is 1.23 bits per heavy atom. The first kappa shape index (κ1) is 16.5. The first-order valence-electron chi connectivity index (χ1n) is 8.01. The predicted molar refractivity (Wildman–Crippen MR) is 85.3 cm³/mol. The van der Waals surface area contributed by atoms with E-state index in [1.54, 1.807) is 0 Å². The molecule has 0 heterocycles. The lowest BCUT2D eigenvalue weighted by Gasteiger charge is -2.22. The molecular formula is C17H26N3O2+. The summed E-state index contributed by atoms with van der Waals surface area (Å²) in [5.41, 5.74) is 1.13. The Labute approximate surface area is 132 Å². The summed E-state index contributed by atoms with van der Waals surface area (Å²) in [6.07, 6.45) is 2.18. The van der Waals surface area contributed by atoms with Crippen LogP contribution in [0.25, 0.3) is 0 Å². The summed E-state index contributed by atoms with van der Waals surface area (Å²) in [6.45, 7) is 3.98. The number of nitrogens with one attached hydrogen (secondary N) is 2. The molecule has 1 aliphatic rings. The highest BCUT2D eigenvalue weighted by Crippen LogP contribution is 2.17. The molecule has 0 spiro atoms. The first-order valence-corrected chi connectivity index (χ1v) is 8.01. The third-order valence-corrected chi connectivity index (χ3v) is 3.81.